The van der Waals surface area contributed by atoms with E-state index >= 15 is 0 Å². The van der Waals surface area contributed by atoms with Gasteiger partial charge in [0.1, 0.15) is 0 Å². The van der Waals surface area contributed by atoms with Crippen LogP contribution in [0.25, 0.3) is 10.8 Å². The minimum absolute atomic E-state index is 0.103. The molecule has 0 bridgehead atoms. The average Bonchev–Trinajstić information content (AvgIpc) is 2.65. The second kappa shape index (κ2) is 8.56. The van der Waals surface area contributed by atoms with Crippen molar-refractivity contribution in [2.24, 2.45) is 11.7 Å². The van der Waals surface area contributed by atoms with Gasteiger partial charge in [-0.25, -0.2) is 13.1 Å². The number of piperidine rings is 1. The number of nitrogens with two attached hydrogens (primary N) is 1. The third-order valence-corrected chi connectivity index (χ3v) is 6.77. The zero-order valence-corrected chi connectivity index (χ0v) is 16.6. The van der Waals surface area contributed by atoms with Gasteiger partial charge in [0.15, 0.2) is 0 Å². The fourth-order valence-corrected chi connectivity index (χ4v) is 5.23. The van der Waals surface area contributed by atoms with Gasteiger partial charge in [-0.1, -0.05) is 35.9 Å². The lowest BCUT2D eigenvalue weighted by molar-refractivity contribution is -0.123. The average molecular weight is 410 g/mol. The summed E-state index contributed by atoms with van der Waals surface area (Å²) in [5.74, 6) is -0.360. The molecule has 0 unspecified atom stereocenters. The molecular formula is C19H24ClN3O3S. The van der Waals surface area contributed by atoms with Gasteiger partial charge < -0.3 is 10.6 Å². The maximum atomic E-state index is 12.7. The maximum Gasteiger partial charge on any atom is 0.241 e. The molecule has 1 aliphatic rings. The summed E-state index contributed by atoms with van der Waals surface area (Å²) in [6.45, 7) is 2.61. The highest BCUT2D eigenvalue weighted by Gasteiger charge is 2.24. The van der Waals surface area contributed by atoms with Gasteiger partial charge in [-0.05, 0) is 49.9 Å². The fraction of sp³-hybridized carbons (Fsp3) is 0.421. The van der Waals surface area contributed by atoms with Crippen LogP contribution in [0.5, 0.6) is 0 Å². The molecule has 6 nitrogen and oxygen atoms in total. The van der Waals surface area contributed by atoms with Gasteiger partial charge in [-0.15, -0.1) is 0 Å². The lowest BCUT2D eigenvalue weighted by Gasteiger charge is -2.31. The minimum atomic E-state index is -3.66. The predicted octanol–water partition coefficient (Wildman–Crippen LogP) is 2.36. The van der Waals surface area contributed by atoms with Crippen molar-refractivity contribution in [3.63, 3.8) is 0 Å². The number of sulfonamides is 1. The highest BCUT2D eigenvalue weighted by atomic mass is 35.5. The van der Waals surface area contributed by atoms with Crippen molar-refractivity contribution in [3.8, 4) is 0 Å². The summed E-state index contributed by atoms with van der Waals surface area (Å²) in [5.41, 5.74) is 5.40. The Morgan fingerprint density at radius 2 is 2.00 bits per heavy atom. The number of halogens is 1. The molecule has 0 spiro atoms. The lowest BCUT2D eigenvalue weighted by atomic mass is 9.97. The van der Waals surface area contributed by atoms with Crippen molar-refractivity contribution in [2.75, 3.05) is 26.2 Å². The summed E-state index contributed by atoms with van der Waals surface area (Å²) in [6.07, 6.45) is 2.43. The monoisotopic (exact) mass is 409 g/mol. The molecule has 27 heavy (non-hydrogen) atoms. The van der Waals surface area contributed by atoms with Crippen LogP contribution < -0.4 is 10.5 Å². The van der Waals surface area contributed by atoms with E-state index < -0.39 is 10.0 Å². The van der Waals surface area contributed by atoms with Gasteiger partial charge in [0.2, 0.25) is 15.9 Å². The Kier molecular flexibility index (Phi) is 6.37. The molecule has 1 fully saturated rings. The van der Waals surface area contributed by atoms with Gasteiger partial charge >= 0.3 is 0 Å². The molecule has 1 aliphatic heterocycles. The molecule has 0 aliphatic carbocycles. The molecule has 3 rings (SSSR count). The fourth-order valence-electron chi connectivity index (χ4n) is 3.56. The van der Waals surface area contributed by atoms with E-state index in [0.29, 0.717) is 29.9 Å². The number of likely N-dealkylation sites (tertiary alicyclic amines) is 1. The third-order valence-electron chi connectivity index (χ3n) is 4.96. The molecule has 8 heteroatoms. The van der Waals surface area contributed by atoms with Crippen LogP contribution in [0.1, 0.15) is 19.3 Å². The maximum absolute atomic E-state index is 12.7. The van der Waals surface area contributed by atoms with Gasteiger partial charge in [-0.3, -0.25) is 4.79 Å². The molecule has 146 valence electrons. The Bertz CT molecular complexity index is 928. The molecule has 1 heterocycles. The molecule has 1 amide bonds. The third kappa shape index (κ3) is 4.79. The van der Waals surface area contributed by atoms with Crippen molar-refractivity contribution in [3.05, 3.63) is 41.4 Å². The first-order chi connectivity index (χ1) is 12.9. The number of hydrogen-bond acceptors (Lipinski definition) is 4. The zero-order chi connectivity index (χ0) is 19.4. The number of carbonyl (C=O) groups is 1. The molecule has 1 saturated heterocycles. The summed E-state index contributed by atoms with van der Waals surface area (Å²) < 4.78 is 28.2. The molecule has 2 aromatic rings. The van der Waals surface area contributed by atoms with Crippen LogP contribution in [0, 0.1) is 5.92 Å². The smallest absolute Gasteiger partial charge is 0.241 e. The molecule has 1 atom stereocenters. The Labute approximate surface area is 164 Å². The quantitative estimate of drug-likeness (QED) is 0.686. The Morgan fingerprint density at radius 3 is 2.74 bits per heavy atom. The Balaban J connectivity index is 1.61. The van der Waals surface area contributed by atoms with E-state index in [4.69, 9.17) is 17.3 Å². The zero-order valence-electron chi connectivity index (χ0n) is 15.0. The number of benzene rings is 2. The van der Waals surface area contributed by atoms with E-state index in [1.165, 1.54) is 0 Å². The predicted molar refractivity (Wildman–Crippen MR) is 107 cm³/mol. The molecule has 2 aromatic carbocycles. The van der Waals surface area contributed by atoms with Crippen LogP contribution >= 0.6 is 11.6 Å². The van der Waals surface area contributed by atoms with Crippen LogP contribution in [0.3, 0.4) is 0 Å². The Hall–Kier alpha value is -1.67. The van der Waals surface area contributed by atoms with Gasteiger partial charge in [0.25, 0.3) is 0 Å². The van der Waals surface area contributed by atoms with Crippen molar-refractivity contribution < 1.29 is 13.2 Å². The highest BCUT2D eigenvalue weighted by Crippen LogP contribution is 2.29. The number of fused-ring (bicyclic) bond motifs is 1. The number of carbonyl (C=O) groups excluding carboxylic acids is 1. The van der Waals surface area contributed by atoms with E-state index in [-0.39, 0.29) is 16.7 Å². The van der Waals surface area contributed by atoms with Crippen molar-refractivity contribution in [1.82, 2.24) is 9.62 Å². The molecule has 0 saturated carbocycles. The van der Waals surface area contributed by atoms with E-state index in [2.05, 4.69) is 9.62 Å². The first-order valence-electron chi connectivity index (χ1n) is 9.07. The second-order valence-electron chi connectivity index (χ2n) is 6.89. The lowest BCUT2D eigenvalue weighted by Crippen LogP contribution is -2.42. The standard InChI is InChI=1S/C19H24ClN3O3S/c20-16-8-1-5-14-6-2-9-17(18(14)16)27(25,26)22-10-4-12-23-11-3-7-15(13-23)19(21)24/h1-2,5-6,8-9,15,22H,3-4,7,10-13H2,(H2,21,24)/t15-/m0/s1. The van der Waals surface area contributed by atoms with Crippen molar-refractivity contribution in [1.29, 1.82) is 0 Å². The number of hydrogen-bond donors (Lipinski definition) is 2. The van der Waals surface area contributed by atoms with Gasteiger partial charge in [0, 0.05) is 23.5 Å². The summed E-state index contributed by atoms with van der Waals surface area (Å²) in [4.78, 5) is 13.7. The van der Waals surface area contributed by atoms with Gasteiger partial charge in [-0.2, -0.15) is 0 Å². The van der Waals surface area contributed by atoms with E-state index in [9.17, 15) is 13.2 Å². The number of primary amides is 1. The Morgan fingerprint density at radius 1 is 1.26 bits per heavy atom. The van der Waals surface area contributed by atoms with E-state index in [0.717, 1.165) is 31.3 Å². The highest BCUT2D eigenvalue weighted by molar-refractivity contribution is 7.89. The van der Waals surface area contributed by atoms with Crippen molar-refractivity contribution >= 4 is 38.3 Å². The van der Waals surface area contributed by atoms with Crippen LogP contribution in [0.15, 0.2) is 41.3 Å². The first kappa shape index (κ1) is 20.1. The van der Waals surface area contributed by atoms with Crippen LogP contribution in [0.4, 0.5) is 0 Å². The topological polar surface area (TPSA) is 92.5 Å². The van der Waals surface area contributed by atoms with Crippen LogP contribution in [0.2, 0.25) is 5.02 Å². The minimum Gasteiger partial charge on any atom is -0.369 e. The van der Waals surface area contributed by atoms with Crippen molar-refractivity contribution in [2.45, 2.75) is 24.2 Å². The van der Waals surface area contributed by atoms with Crippen LogP contribution in [-0.2, 0) is 14.8 Å². The SMILES string of the molecule is NC(=O)[C@H]1CCCN(CCCNS(=O)(=O)c2cccc3cccc(Cl)c23)C1. The second-order valence-corrected chi connectivity index (χ2v) is 9.03. The molecule has 0 aromatic heterocycles. The normalized spacial score (nSPS) is 18.6. The summed E-state index contributed by atoms with van der Waals surface area (Å²) in [7, 11) is -3.66. The number of nitrogens with one attached hydrogen (secondary N) is 1. The summed E-state index contributed by atoms with van der Waals surface area (Å²) in [6, 6.07) is 10.4. The first-order valence-corrected chi connectivity index (χ1v) is 10.9. The molecule has 3 N–H and O–H groups in total. The summed E-state index contributed by atoms with van der Waals surface area (Å²) in [5, 5.41) is 1.74. The largest absolute Gasteiger partial charge is 0.369 e. The molecular weight excluding hydrogens is 386 g/mol. The number of nitrogens with zero attached hydrogens (tertiary/aromatic N) is 1. The van der Waals surface area contributed by atoms with Gasteiger partial charge in [0.05, 0.1) is 10.8 Å². The van der Waals surface area contributed by atoms with E-state index in [1.807, 2.05) is 12.1 Å². The summed E-state index contributed by atoms with van der Waals surface area (Å²) >= 11 is 6.23. The number of amides is 1. The molecule has 0 radical (unpaired) electrons. The van der Waals surface area contributed by atoms with Crippen LogP contribution in [-0.4, -0.2) is 45.4 Å². The van der Waals surface area contributed by atoms with E-state index in [1.54, 1.807) is 24.3 Å². The number of rotatable bonds is 7.